The molecule has 0 aliphatic carbocycles. The minimum atomic E-state index is -2.50. The second-order valence-electron chi connectivity index (χ2n) is 2.38. The molecule has 1 aromatic rings. The molecule has 0 aliphatic rings. The topological polar surface area (TPSA) is 35.2 Å². The van der Waals surface area contributed by atoms with Gasteiger partial charge in [-0.1, -0.05) is 11.6 Å². The Balaban J connectivity index is 2.67. The first kappa shape index (κ1) is 10.1. The van der Waals surface area contributed by atoms with Crippen LogP contribution < -0.4 is 10.5 Å². The van der Waals surface area contributed by atoms with E-state index >= 15 is 0 Å². The van der Waals surface area contributed by atoms with Crippen molar-refractivity contribution in [2.75, 3.05) is 12.3 Å². The Bertz CT molecular complexity index is 293. The molecule has 13 heavy (non-hydrogen) atoms. The summed E-state index contributed by atoms with van der Waals surface area (Å²) in [5, 5.41) is 0.446. The largest absolute Gasteiger partial charge is 0.485 e. The second kappa shape index (κ2) is 4.28. The second-order valence-corrected chi connectivity index (χ2v) is 2.82. The molecule has 2 N–H and O–H groups in total. The Kier molecular flexibility index (Phi) is 3.31. The fourth-order valence-corrected chi connectivity index (χ4v) is 0.984. The Morgan fingerprint density at radius 1 is 1.46 bits per heavy atom. The highest BCUT2D eigenvalue weighted by atomic mass is 35.5. The van der Waals surface area contributed by atoms with E-state index in [2.05, 4.69) is 0 Å². The maximum atomic E-state index is 11.7. The van der Waals surface area contributed by atoms with Crippen LogP contribution in [-0.4, -0.2) is 13.0 Å². The number of anilines is 1. The van der Waals surface area contributed by atoms with Gasteiger partial charge >= 0.3 is 0 Å². The smallest absolute Gasteiger partial charge is 0.272 e. The summed E-state index contributed by atoms with van der Waals surface area (Å²) in [5.74, 6) is 0.227. The van der Waals surface area contributed by atoms with Gasteiger partial charge in [-0.25, -0.2) is 8.78 Å². The van der Waals surface area contributed by atoms with Crippen LogP contribution in [0.5, 0.6) is 5.75 Å². The molecule has 0 amide bonds. The first-order valence-electron chi connectivity index (χ1n) is 3.55. The number of nitrogens with two attached hydrogens (primary N) is 1. The van der Waals surface area contributed by atoms with Gasteiger partial charge in [-0.15, -0.1) is 0 Å². The summed E-state index contributed by atoms with van der Waals surface area (Å²) in [4.78, 5) is 0. The summed E-state index contributed by atoms with van der Waals surface area (Å²) in [6.07, 6.45) is -2.50. The summed E-state index contributed by atoms with van der Waals surface area (Å²) in [6, 6.07) is 4.43. The zero-order chi connectivity index (χ0) is 9.84. The third kappa shape index (κ3) is 3.06. The monoisotopic (exact) mass is 207 g/mol. The summed E-state index contributed by atoms with van der Waals surface area (Å²) in [7, 11) is 0. The number of alkyl halides is 2. The number of hydrogen-bond donors (Lipinski definition) is 1. The van der Waals surface area contributed by atoms with Gasteiger partial charge < -0.3 is 10.5 Å². The number of nitrogen functional groups attached to an aromatic ring is 1. The molecule has 0 saturated heterocycles. The van der Waals surface area contributed by atoms with Crippen LogP contribution >= 0.6 is 11.6 Å². The number of ether oxygens (including phenoxy) is 1. The molecule has 0 spiro atoms. The number of rotatable bonds is 3. The molecule has 1 rings (SSSR count). The van der Waals surface area contributed by atoms with E-state index in [0.717, 1.165) is 0 Å². The van der Waals surface area contributed by atoms with Crippen molar-refractivity contribution in [3.63, 3.8) is 0 Å². The lowest BCUT2D eigenvalue weighted by Crippen LogP contribution is -2.08. The van der Waals surface area contributed by atoms with Crippen LogP contribution in [0, 0.1) is 0 Å². The van der Waals surface area contributed by atoms with E-state index in [1.54, 1.807) is 0 Å². The SMILES string of the molecule is Nc1cc(Cl)ccc1OCC(F)F. The first-order valence-corrected chi connectivity index (χ1v) is 3.93. The minimum Gasteiger partial charge on any atom is -0.485 e. The molecule has 0 bridgehead atoms. The van der Waals surface area contributed by atoms with Crippen LogP contribution in [0.4, 0.5) is 14.5 Å². The van der Waals surface area contributed by atoms with Crippen molar-refractivity contribution in [1.82, 2.24) is 0 Å². The van der Waals surface area contributed by atoms with Crippen molar-refractivity contribution in [2.45, 2.75) is 6.43 Å². The van der Waals surface area contributed by atoms with Crippen molar-refractivity contribution in [1.29, 1.82) is 0 Å². The highest BCUT2D eigenvalue weighted by Crippen LogP contribution is 2.25. The molecule has 0 saturated carbocycles. The zero-order valence-corrected chi connectivity index (χ0v) is 7.39. The number of halogens is 3. The Hall–Kier alpha value is -1.03. The highest BCUT2D eigenvalue weighted by Gasteiger charge is 2.05. The Morgan fingerprint density at radius 2 is 2.15 bits per heavy atom. The molecule has 1 aromatic carbocycles. The van der Waals surface area contributed by atoms with Crippen molar-refractivity contribution >= 4 is 17.3 Å². The molecule has 0 aliphatic heterocycles. The van der Waals surface area contributed by atoms with Crippen LogP contribution in [0.2, 0.25) is 5.02 Å². The van der Waals surface area contributed by atoms with Gasteiger partial charge in [0.15, 0.2) is 0 Å². The normalized spacial score (nSPS) is 10.5. The maximum absolute atomic E-state index is 11.7. The van der Waals surface area contributed by atoms with Gasteiger partial charge in [-0.3, -0.25) is 0 Å². The average molecular weight is 208 g/mol. The van der Waals surface area contributed by atoms with E-state index < -0.39 is 13.0 Å². The van der Waals surface area contributed by atoms with Gasteiger partial charge in [0.2, 0.25) is 0 Å². The molecule has 0 radical (unpaired) electrons. The molecule has 0 aromatic heterocycles. The number of hydrogen-bond acceptors (Lipinski definition) is 2. The van der Waals surface area contributed by atoms with Gasteiger partial charge in [-0.05, 0) is 18.2 Å². The molecule has 0 fully saturated rings. The van der Waals surface area contributed by atoms with Gasteiger partial charge in [-0.2, -0.15) is 0 Å². The Labute approximate surface area is 79.2 Å². The minimum absolute atomic E-state index is 0.227. The molecular weight excluding hydrogens is 200 g/mol. The molecule has 72 valence electrons. The van der Waals surface area contributed by atoms with E-state index in [9.17, 15) is 8.78 Å². The lowest BCUT2D eigenvalue weighted by molar-refractivity contribution is 0.0823. The summed E-state index contributed by atoms with van der Waals surface area (Å²) < 4.78 is 28.2. The summed E-state index contributed by atoms with van der Waals surface area (Å²) in [6.45, 7) is -0.661. The van der Waals surface area contributed by atoms with Gasteiger partial charge in [0.05, 0.1) is 5.69 Å². The van der Waals surface area contributed by atoms with Crippen LogP contribution in [-0.2, 0) is 0 Å². The van der Waals surface area contributed by atoms with Crippen molar-refractivity contribution in [3.8, 4) is 5.75 Å². The van der Waals surface area contributed by atoms with Crippen molar-refractivity contribution < 1.29 is 13.5 Å². The van der Waals surface area contributed by atoms with Crippen LogP contribution in [0.15, 0.2) is 18.2 Å². The quantitative estimate of drug-likeness (QED) is 0.774. The van der Waals surface area contributed by atoms with E-state index in [1.165, 1.54) is 18.2 Å². The standard InChI is InChI=1S/C8H8ClF2NO/c9-5-1-2-7(6(12)3-5)13-4-8(10)11/h1-3,8H,4,12H2. The summed E-state index contributed by atoms with van der Waals surface area (Å²) in [5.41, 5.74) is 5.71. The predicted molar refractivity (Wildman–Crippen MR) is 47.4 cm³/mol. The predicted octanol–water partition coefficient (Wildman–Crippen LogP) is 2.57. The van der Waals surface area contributed by atoms with Crippen molar-refractivity contribution in [3.05, 3.63) is 23.2 Å². The highest BCUT2D eigenvalue weighted by molar-refractivity contribution is 6.30. The lowest BCUT2D eigenvalue weighted by Gasteiger charge is -2.07. The third-order valence-corrected chi connectivity index (χ3v) is 1.57. The maximum Gasteiger partial charge on any atom is 0.272 e. The van der Waals surface area contributed by atoms with Gasteiger partial charge in [0.25, 0.3) is 6.43 Å². The Morgan fingerprint density at radius 3 is 2.69 bits per heavy atom. The average Bonchev–Trinajstić information content (AvgIpc) is 2.02. The fourth-order valence-electron chi connectivity index (χ4n) is 0.804. The van der Waals surface area contributed by atoms with E-state index in [4.69, 9.17) is 22.1 Å². The fraction of sp³-hybridized carbons (Fsp3) is 0.250. The molecule has 0 unspecified atom stereocenters. The van der Waals surface area contributed by atoms with Crippen LogP contribution in [0.3, 0.4) is 0 Å². The van der Waals surface area contributed by atoms with Gasteiger partial charge in [0.1, 0.15) is 12.4 Å². The molecule has 0 heterocycles. The van der Waals surface area contributed by atoms with E-state index in [-0.39, 0.29) is 11.4 Å². The summed E-state index contributed by atoms with van der Waals surface area (Å²) >= 11 is 5.60. The third-order valence-electron chi connectivity index (χ3n) is 1.34. The molecular formula is C8H8ClF2NO. The first-order chi connectivity index (χ1) is 6.09. The van der Waals surface area contributed by atoms with E-state index in [0.29, 0.717) is 5.02 Å². The molecule has 2 nitrogen and oxygen atoms in total. The zero-order valence-electron chi connectivity index (χ0n) is 6.64. The van der Waals surface area contributed by atoms with Gasteiger partial charge in [0, 0.05) is 5.02 Å². The number of benzene rings is 1. The molecule has 5 heteroatoms. The van der Waals surface area contributed by atoms with E-state index in [1.807, 2.05) is 0 Å². The lowest BCUT2D eigenvalue weighted by atomic mass is 10.3. The molecule has 0 atom stereocenters. The van der Waals surface area contributed by atoms with Crippen LogP contribution in [0.1, 0.15) is 0 Å². The van der Waals surface area contributed by atoms with Crippen molar-refractivity contribution in [2.24, 2.45) is 0 Å². The van der Waals surface area contributed by atoms with Crippen LogP contribution in [0.25, 0.3) is 0 Å².